The first-order valence-corrected chi connectivity index (χ1v) is 5.45. The van der Waals surface area contributed by atoms with Crippen LogP contribution in [0.5, 0.6) is 5.75 Å². The maximum absolute atomic E-state index is 13.0. The van der Waals surface area contributed by atoms with Gasteiger partial charge < -0.3 is 15.8 Å². The highest BCUT2D eigenvalue weighted by molar-refractivity contribution is 6.05. The molecule has 0 bridgehead atoms. The zero-order valence-electron chi connectivity index (χ0n) is 10.2. The summed E-state index contributed by atoms with van der Waals surface area (Å²) in [5.74, 6) is -0.470. The van der Waals surface area contributed by atoms with E-state index in [0.717, 1.165) is 12.3 Å². The van der Waals surface area contributed by atoms with E-state index < -0.39 is 11.7 Å². The van der Waals surface area contributed by atoms with E-state index in [1.807, 2.05) is 0 Å². The Morgan fingerprint density at radius 2 is 2.16 bits per heavy atom. The topological polar surface area (TPSA) is 77.2 Å². The molecule has 19 heavy (non-hydrogen) atoms. The van der Waals surface area contributed by atoms with Gasteiger partial charge in [-0.05, 0) is 18.2 Å². The number of rotatable bonds is 3. The van der Waals surface area contributed by atoms with Crippen LogP contribution in [-0.2, 0) is 0 Å². The molecule has 2 aromatic rings. The van der Waals surface area contributed by atoms with E-state index in [2.05, 4.69) is 10.3 Å². The van der Waals surface area contributed by atoms with Gasteiger partial charge in [-0.25, -0.2) is 4.39 Å². The Kier molecular flexibility index (Phi) is 3.61. The summed E-state index contributed by atoms with van der Waals surface area (Å²) < 4.78 is 18.0. The van der Waals surface area contributed by atoms with Crippen LogP contribution >= 0.6 is 0 Å². The molecule has 0 spiro atoms. The number of carbonyl (C=O) groups is 1. The van der Waals surface area contributed by atoms with Crippen molar-refractivity contribution in [2.45, 2.75) is 0 Å². The number of hydrogen-bond acceptors (Lipinski definition) is 4. The van der Waals surface area contributed by atoms with E-state index in [0.29, 0.717) is 17.1 Å². The lowest BCUT2D eigenvalue weighted by Crippen LogP contribution is -2.13. The minimum atomic E-state index is -0.574. The van der Waals surface area contributed by atoms with Gasteiger partial charge in [0.15, 0.2) is 0 Å². The Balaban J connectivity index is 2.19. The quantitative estimate of drug-likeness (QED) is 0.829. The Hall–Kier alpha value is -2.63. The van der Waals surface area contributed by atoms with Gasteiger partial charge in [-0.1, -0.05) is 0 Å². The Labute approximate surface area is 109 Å². The van der Waals surface area contributed by atoms with Crippen LogP contribution in [0.4, 0.5) is 15.8 Å². The molecule has 0 aliphatic heterocycles. The molecular weight excluding hydrogens is 249 g/mol. The molecule has 0 unspecified atom stereocenters. The average molecular weight is 261 g/mol. The van der Waals surface area contributed by atoms with Crippen LogP contribution in [-0.4, -0.2) is 18.0 Å². The summed E-state index contributed by atoms with van der Waals surface area (Å²) in [5, 5.41) is 2.58. The fourth-order valence-corrected chi connectivity index (χ4v) is 1.51. The Morgan fingerprint density at radius 1 is 1.37 bits per heavy atom. The zero-order valence-corrected chi connectivity index (χ0v) is 10.2. The fraction of sp³-hybridized carbons (Fsp3) is 0.0769. The van der Waals surface area contributed by atoms with Crippen molar-refractivity contribution in [2.24, 2.45) is 0 Å². The number of nitrogen functional groups attached to an aromatic ring is 1. The summed E-state index contributed by atoms with van der Waals surface area (Å²) in [7, 11) is 1.52. The molecule has 0 aliphatic rings. The minimum Gasteiger partial charge on any atom is -0.497 e. The minimum absolute atomic E-state index is 0.121. The number of carbonyl (C=O) groups excluding carboxylic acids is 1. The maximum atomic E-state index is 13.0. The van der Waals surface area contributed by atoms with Crippen LogP contribution in [0, 0.1) is 5.82 Å². The van der Waals surface area contributed by atoms with Gasteiger partial charge in [0.25, 0.3) is 5.91 Å². The molecule has 1 heterocycles. The first-order chi connectivity index (χ1) is 9.10. The molecule has 0 atom stereocenters. The third-order valence-electron chi connectivity index (χ3n) is 2.47. The number of ether oxygens (including phenoxy) is 1. The SMILES string of the molecule is COc1ccc(NC(=O)c2cncc(F)c2)c(N)c1. The Morgan fingerprint density at radius 3 is 2.79 bits per heavy atom. The summed E-state index contributed by atoms with van der Waals surface area (Å²) in [6.45, 7) is 0. The van der Waals surface area contributed by atoms with Crippen molar-refractivity contribution in [1.29, 1.82) is 0 Å². The summed E-state index contributed by atoms with van der Waals surface area (Å²) in [6, 6.07) is 5.95. The van der Waals surface area contributed by atoms with Gasteiger partial charge in [0.2, 0.25) is 0 Å². The lowest BCUT2D eigenvalue weighted by molar-refractivity contribution is 0.102. The molecule has 1 amide bonds. The van der Waals surface area contributed by atoms with Crippen molar-refractivity contribution < 1.29 is 13.9 Å². The molecule has 1 aromatic carbocycles. The number of hydrogen-bond donors (Lipinski definition) is 2. The first kappa shape index (κ1) is 12.8. The van der Waals surface area contributed by atoms with E-state index in [-0.39, 0.29) is 5.56 Å². The molecular formula is C13H12FN3O2. The highest BCUT2D eigenvalue weighted by Crippen LogP contribution is 2.24. The van der Waals surface area contributed by atoms with Gasteiger partial charge >= 0.3 is 0 Å². The number of pyridine rings is 1. The van der Waals surface area contributed by atoms with Crippen molar-refractivity contribution in [2.75, 3.05) is 18.2 Å². The third kappa shape index (κ3) is 2.98. The van der Waals surface area contributed by atoms with Gasteiger partial charge in [0.05, 0.1) is 30.2 Å². The molecule has 0 aliphatic carbocycles. The van der Waals surface area contributed by atoms with E-state index in [1.54, 1.807) is 18.2 Å². The monoisotopic (exact) mass is 261 g/mol. The van der Waals surface area contributed by atoms with Crippen LogP contribution < -0.4 is 15.8 Å². The van der Waals surface area contributed by atoms with Crippen molar-refractivity contribution in [3.8, 4) is 5.75 Å². The summed E-state index contributed by atoms with van der Waals surface area (Å²) in [5.41, 5.74) is 6.67. The number of nitrogens with zero attached hydrogens (tertiary/aromatic N) is 1. The number of nitrogens with one attached hydrogen (secondary N) is 1. The van der Waals surface area contributed by atoms with E-state index >= 15 is 0 Å². The molecule has 3 N–H and O–H groups in total. The summed E-state index contributed by atoms with van der Waals surface area (Å²) in [6.07, 6.45) is 2.30. The highest BCUT2D eigenvalue weighted by Gasteiger charge is 2.09. The molecule has 6 heteroatoms. The summed E-state index contributed by atoms with van der Waals surface area (Å²) in [4.78, 5) is 15.5. The highest BCUT2D eigenvalue weighted by atomic mass is 19.1. The largest absolute Gasteiger partial charge is 0.497 e. The second kappa shape index (κ2) is 5.34. The lowest BCUT2D eigenvalue weighted by Gasteiger charge is -2.09. The van der Waals surface area contributed by atoms with Crippen LogP contribution in [0.3, 0.4) is 0 Å². The molecule has 98 valence electrons. The number of amides is 1. The number of benzene rings is 1. The molecule has 0 fully saturated rings. The van der Waals surface area contributed by atoms with Crippen molar-refractivity contribution >= 4 is 17.3 Å². The van der Waals surface area contributed by atoms with E-state index in [1.165, 1.54) is 13.3 Å². The Bertz CT molecular complexity index is 617. The lowest BCUT2D eigenvalue weighted by atomic mass is 10.2. The number of methoxy groups -OCH3 is 1. The zero-order chi connectivity index (χ0) is 13.8. The third-order valence-corrected chi connectivity index (χ3v) is 2.47. The molecule has 0 saturated carbocycles. The normalized spacial score (nSPS) is 10.0. The van der Waals surface area contributed by atoms with Crippen molar-refractivity contribution in [3.63, 3.8) is 0 Å². The van der Waals surface area contributed by atoms with Gasteiger partial charge in [-0.2, -0.15) is 0 Å². The fourth-order valence-electron chi connectivity index (χ4n) is 1.51. The molecule has 2 rings (SSSR count). The van der Waals surface area contributed by atoms with Crippen LogP contribution in [0.2, 0.25) is 0 Å². The van der Waals surface area contributed by atoms with Gasteiger partial charge in [-0.15, -0.1) is 0 Å². The predicted octanol–water partition coefficient (Wildman–Crippen LogP) is 2.06. The van der Waals surface area contributed by atoms with Crippen LogP contribution in [0.15, 0.2) is 36.7 Å². The second-order valence-electron chi connectivity index (χ2n) is 3.80. The number of nitrogens with two attached hydrogens (primary N) is 1. The molecule has 1 aromatic heterocycles. The molecule has 5 nitrogen and oxygen atoms in total. The van der Waals surface area contributed by atoms with Gasteiger partial charge in [0.1, 0.15) is 11.6 Å². The first-order valence-electron chi connectivity index (χ1n) is 5.45. The number of aromatic nitrogens is 1. The number of anilines is 2. The standard InChI is InChI=1S/C13H12FN3O2/c1-19-10-2-3-12(11(15)5-10)17-13(18)8-4-9(14)7-16-6-8/h2-7H,15H2,1H3,(H,17,18). The number of halogens is 1. The van der Waals surface area contributed by atoms with Crippen LogP contribution in [0.25, 0.3) is 0 Å². The molecule has 0 radical (unpaired) electrons. The van der Waals surface area contributed by atoms with Gasteiger partial charge in [-0.3, -0.25) is 9.78 Å². The summed E-state index contributed by atoms with van der Waals surface area (Å²) >= 11 is 0. The second-order valence-corrected chi connectivity index (χ2v) is 3.80. The van der Waals surface area contributed by atoms with Gasteiger partial charge in [0, 0.05) is 12.3 Å². The predicted molar refractivity (Wildman–Crippen MR) is 69.6 cm³/mol. The maximum Gasteiger partial charge on any atom is 0.257 e. The smallest absolute Gasteiger partial charge is 0.257 e. The van der Waals surface area contributed by atoms with Crippen molar-refractivity contribution in [1.82, 2.24) is 4.98 Å². The average Bonchev–Trinajstić information content (AvgIpc) is 2.41. The van der Waals surface area contributed by atoms with E-state index in [4.69, 9.17) is 10.5 Å². The van der Waals surface area contributed by atoms with E-state index in [9.17, 15) is 9.18 Å². The molecule has 0 saturated heterocycles. The van der Waals surface area contributed by atoms with Crippen molar-refractivity contribution in [3.05, 3.63) is 48.0 Å². The van der Waals surface area contributed by atoms with Crippen LogP contribution in [0.1, 0.15) is 10.4 Å².